The predicted molar refractivity (Wildman–Crippen MR) is 60.4 cm³/mol. The van der Waals surface area contributed by atoms with Crippen LogP contribution in [0.15, 0.2) is 16.6 Å². The molecule has 0 bridgehead atoms. The average Bonchev–Trinajstić information content (AvgIpc) is 2.84. The van der Waals surface area contributed by atoms with E-state index in [9.17, 15) is 8.42 Å². The molecule has 0 saturated heterocycles. The van der Waals surface area contributed by atoms with Gasteiger partial charge < -0.3 is 0 Å². The van der Waals surface area contributed by atoms with E-state index in [4.69, 9.17) is 5.14 Å². The molecular weight excluding hydrogens is 248 g/mol. The van der Waals surface area contributed by atoms with Gasteiger partial charge >= 0.3 is 0 Å². The van der Waals surface area contributed by atoms with Crippen molar-refractivity contribution in [3.63, 3.8) is 0 Å². The van der Waals surface area contributed by atoms with Gasteiger partial charge in [-0.05, 0) is 23.4 Å². The van der Waals surface area contributed by atoms with Crippen molar-refractivity contribution in [3.05, 3.63) is 17.0 Å². The summed E-state index contributed by atoms with van der Waals surface area (Å²) in [5.74, 6) is 0.371. The molecule has 0 aliphatic rings. The molecule has 0 aliphatic heterocycles. The lowest BCUT2D eigenvalue weighted by atomic mass is 10.2. The minimum absolute atomic E-state index is 0.307. The minimum Gasteiger partial charge on any atom is -0.248 e. The molecule has 2 rings (SSSR count). The average molecular weight is 258 g/mol. The van der Waals surface area contributed by atoms with Gasteiger partial charge in [0.05, 0.1) is 4.88 Å². The third-order valence-electron chi connectivity index (χ3n) is 2.07. The van der Waals surface area contributed by atoms with E-state index in [1.807, 2.05) is 18.4 Å². The Morgan fingerprint density at radius 1 is 1.56 bits per heavy atom. The molecule has 2 aromatic heterocycles. The number of sulfonamides is 1. The molecular formula is C8H10N4O2S2. The van der Waals surface area contributed by atoms with E-state index in [0.29, 0.717) is 5.82 Å². The van der Waals surface area contributed by atoms with Crippen molar-refractivity contribution < 1.29 is 8.42 Å². The van der Waals surface area contributed by atoms with Crippen LogP contribution >= 0.6 is 11.3 Å². The molecule has 0 fully saturated rings. The fourth-order valence-corrected chi connectivity index (χ4v) is 2.60. The molecule has 8 heteroatoms. The predicted octanol–water partition coefficient (Wildman–Crippen LogP) is 0.743. The van der Waals surface area contributed by atoms with E-state index in [1.54, 1.807) is 0 Å². The zero-order chi connectivity index (χ0) is 11.8. The lowest BCUT2D eigenvalue weighted by Crippen LogP contribution is -2.13. The second kappa shape index (κ2) is 3.96. The Kier molecular flexibility index (Phi) is 2.78. The highest BCUT2D eigenvalue weighted by Crippen LogP contribution is 2.27. The van der Waals surface area contributed by atoms with E-state index in [2.05, 4.69) is 15.2 Å². The summed E-state index contributed by atoms with van der Waals surface area (Å²) in [6.07, 6.45) is 0.845. The molecule has 3 N–H and O–H groups in total. The number of primary sulfonamides is 1. The number of aryl methyl sites for hydroxylation is 1. The Balaban J connectivity index is 2.47. The Morgan fingerprint density at radius 3 is 2.88 bits per heavy atom. The third-order valence-corrected chi connectivity index (χ3v) is 3.74. The van der Waals surface area contributed by atoms with E-state index in [0.717, 1.165) is 16.9 Å². The fourth-order valence-electron chi connectivity index (χ4n) is 1.29. The molecule has 0 unspecified atom stereocenters. The van der Waals surface area contributed by atoms with Gasteiger partial charge in [-0.2, -0.15) is 10.1 Å². The number of aromatic amines is 1. The Bertz CT molecular complexity index is 599. The molecule has 86 valence electrons. The van der Waals surface area contributed by atoms with Crippen LogP contribution < -0.4 is 5.14 Å². The van der Waals surface area contributed by atoms with Crippen LogP contribution in [0.3, 0.4) is 0 Å². The van der Waals surface area contributed by atoms with E-state index >= 15 is 0 Å². The summed E-state index contributed by atoms with van der Waals surface area (Å²) in [4.78, 5) is 4.73. The maximum atomic E-state index is 11.0. The van der Waals surface area contributed by atoms with E-state index < -0.39 is 10.0 Å². The molecule has 0 radical (unpaired) electrons. The maximum absolute atomic E-state index is 11.0. The summed E-state index contributed by atoms with van der Waals surface area (Å²) in [5.41, 5.74) is 1.09. The molecule has 0 atom stereocenters. The number of H-pyrrole nitrogens is 1. The van der Waals surface area contributed by atoms with Gasteiger partial charge in [-0.25, -0.2) is 18.7 Å². The largest absolute Gasteiger partial charge is 0.273 e. The summed E-state index contributed by atoms with van der Waals surface area (Å²) in [6.45, 7) is 2.01. The van der Waals surface area contributed by atoms with Gasteiger partial charge in [-0.1, -0.05) is 6.92 Å². The number of hydrogen-bond acceptors (Lipinski definition) is 5. The molecule has 16 heavy (non-hydrogen) atoms. The number of aromatic nitrogens is 3. The van der Waals surface area contributed by atoms with Gasteiger partial charge in [0.2, 0.25) is 0 Å². The van der Waals surface area contributed by atoms with Crippen molar-refractivity contribution in [3.8, 4) is 10.7 Å². The molecule has 0 spiro atoms. The van der Waals surface area contributed by atoms with Gasteiger partial charge in [-0.15, -0.1) is 11.3 Å². The molecule has 2 aromatic rings. The lowest BCUT2D eigenvalue weighted by molar-refractivity contribution is 0.589. The Labute approximate surface area is 96.6 Å². The first kappa shape index (κ1) is 11.2. The lowest BCUT2D eigenvalue weighted by Gasteiger charge is -1.93. The van der Waals surface area contributed by atoms with Crippen LogP contribution in [0.5, 0.6) is 0 Å². The quantitative estimate of drug-likeness (QED) is 0.847. The summed E-state index contributed by atoms with van der Waals surface area (Å²) in [7, 11) is -3.82. The van der Waals surface area contributed by atoms with Gasteiger partial charge in [-0.3, -0.25) is 0 Å². The fraction of sp³-hybridized carbons (Fsp3) is 0.250. The summed E-state index contributed by atoms with van der Waals surface area (Å²) >= 11 is 1.47. The summed E-state index contributed by atoms with van der Waals surface area (Å²) in [5, 5.41) is 12.7. The zero-order valence-electron chi connectivity index (χ0n) is 8.47. The first-order chi connectivity index (χ1) is 7.52. The van der Waals surface area contributed by atoms with E-state index in [-0.39, 0.29) is 5.16 Å². The number of hydrogen-bond donors (Lipinski definition) is 2. The van der Waals surface area contributed by atoms with Crippen LogP contribution in [-0.4, -0.2) is 23.6 Å². The first-order valence-electron chi connectivity index (χ1n) is 4.54. The molecule has 6 nitrogen and oxygen atoms in total. The van der Waals surface area contributed by atoms with E-state index in [1.165, 1.54) is 11.3 Å². The van der Waals surface area contributed by atoms with Crippen molar-refractivity contribution in [2.45, 2.75) is 18.5 Å². The van der Waals surface area contributed by atoms with Crippen LogP contribution in [0.2, 0.25) is 0 Å². The van der Waals surface area contributed by atoms with Crippen molar-refractivity contribution in [1.82, 2.24) is 15.2 Å². The number of rotatable bonds is 3. The van der Waals surface area contributed by atoms with Gasteiger partial charge in [0.25, 0.3) is 15.2 Å². The molecule has 2 heterocycles. The molecule has 0 saturated carbocycles. The van der Waals surface area contributed by atoms with Crippen molar-refractivity contribution >= 4 is 21.4 Å². The Morgan fingerprint density at radius 2 is 2.31 bits per heavy atom. The number of thiophene rings is 1. The van der Waals surface area contributed by atoms with Crippen molar-refractivity contribution in [2.24, 2.45) is 5.14 Å². The second-order valence-electron chi connectivity index (χ2n) is 3.14. The Hall–Kier alpha value is -1.25. The van der Waals surface area contributed by atoms with Crippen LogP contribution in [0.1, 0.15) is 12.5 Å². The standard InChI is InChI=1S/C8H10N4O2S2/c1-2-5-3-4-15-6(5)7-10-8(12-11-7)16(9,13)14/h3-4H,2H2,1H3,(H2,9,13,14)(H,10,11,12). The number of nitrogens with zero attached hydrogens (tertiary/aromatic N) is 2. The smallest absolute Gasteiger partial charge is 0.248 e. The molecule has 0 aliphatic carbocycles. The van der Waals surface area contributed by atoms with Crippen molar-refractivity contribution in [2.75, 3.05) is 0 Å². The van der Waals surface area contributed by atoms with Crippen molar-refractivity contribution in [1.29, 1.82) is 0 Å². The highest BCUT2D eigenvalue weighted by molar-refractivity contribution is 7.89. The van der Waals surface area contributed by atoms with Gasteiger partial charge in [0.15, 0.2) is 5.82 Å². The molecule has 0 amide bonds. The minimum atomic E-state index is -3.82. The first-order valence-corrected chi connectivity index (χ1v) is 6.97. The normalized spacial score (nSPS) is 11.9. The summed E-state index contributed by atoms with van der Waals surface area (Å²) in [6, 6.07) is 1.97. The van der Waals surface area contributed by atoms with Crippen LogP contribution in [-0.2, 0) is 16.4 Å². The SMILES string of the molecule is CCc1ccsc1-c1n[nH]c(S(N)(=O)=O)n1. The topological polar surface area (TPSA) is 102 Å². The van der Waals surface area contributed by atoms with Gasteiger partial charge in [0, 0.05) is 0 Å². The number of nitrogens with one attached hydrogen (secondary N) is 1. The van der Waals surface area contributed by atoms with Crippen LogP contribution in [0, 0.1) is 0 Å². The number of nitrogens with two attached hydrogens (primary N) is 1. The zero-order valence-corrected chi connectivity index (χ0v) is 10.1. The van der Waals surface area contributed by atoms with Gasteiger partial charge in [0.1, 0.15) is 0 Å². The van der Waals surface area contributed by atoms with Crippen LogP contribution in [0.25, 0.3) is 10.7 Å². The summed E-state index contributed by atoms with van der Waals surface area (Å²) < 4.78 is 22.0. The third kappa shape index (κ3) is 1.99. The molecule has 0 aromatic carbocycles. The second-order valence-corrected chi connectivity index (χ2v) is 5.53. The highest BCUT2D eigenvalue weighted by Gasteiger charge is 2.17. The van der Waals surface area contributed by atoms with Crippen LogP contribution in [0.4, 0.5) is 0 Å². The maximum Gasteiger partial charge on any atom is 0.273 e. The highest BCUT2D eigenvalue weighted by atomic mass is 32.2. The monoisotopic (exact) mass is 258 g/mol.